The number of carbonyl (C=O) groups excluding carboxylic acids is 1. The van der Waals surface area contributed by atoms with Crippen LogP contribution in [0.3, 0.4) is 0 Å². The molecular formula is C12H22N2O3. The first-order valence-electron chi connectivity index (χ1n) is 6.29. The van der Waals surface area contributed by atoms with Gasteiger partial charge in [-0.3, -0.25) is 14.5 Å². The van der Waals surface area contributed by atoms with Crippen molar-refractivity contribution >= 4 is 11.9 Å². The van der Waals surface area contributed by atoms with Crippen molar-refractivity contribution in [2.75, 3.05) is 13.1 Å². The summed E-state index contributed by atoms with van der Waals surface area (Å²) in [6, 6.07) is -1.06. The number of nitrogens with one attached hydrogen (secondary N) is 1. The number of rotatable bonds is 4. The van der Waals surface area contributed by atoms with Crippen LogP contribution in [0.1, 0.15) is 39.5 Å². The van der Waals surface area contributed by atoms with E-state index < -0.39 is 12.0 Å². The fraction of sp³-hybridized carbons (Fsp3) is 0.833. The van der Waals surface area contributed by atoms with Crippen molar-refractivity contribution in [2.24, 2.45) is 0 Å². The first kappa shape index (κ1) is 14.0. The van der Waals surface area contributed by atoms with Crippen LogP contribution in [0, 0.1) is 0 Å². The Morgan fingerprint density at radius 2 is 1.65 bits per heavy atom. The molecule has 0 aromatic carbocycles. The molecule has 98 valence electrons. The summed E-state index contributed by atoms with van der Waals surface area (Å²) in [5.74, 6) is -1.19. The Morgan fingerprint density at radius 1 is 1.12 bits per heavy atom. The van der Waals surface area contributed by atoms with Crippen LogP contribution in [-0.2, 0) is 9.59 Å². The molecule has 1 rings (SSSR count). The highest BCUT2D eigenvalue weighted by molar-refractivity contribution is 5.86. The zero-order valence-electron chi connectivity index (χ0n) is 10.6. The van der Waals surface area contributed by atoms with Crippen LogP contribution in [0.25, 0.3) is 0 Å². The Bertz CT molecular complexity index is 273. The minimum atomic E-state index is -0.999. The van der Waals surface area contributed by atoms with Gasteiger partial charge in [0.25, 0.3) is 0 Å². The number of carbonyl (C=O) groups is 2. The van der Waals surface area contributed by atoms with Gasteiger partial charge in [-0.2, -0.15) is 0 Å². The maximum absolute atomic E-state index is 11.9. The predicted octanol–water partition coefficient (Wildman–Crippen LogP) is 0.840. The average Bonchev–Trinajstić information content (AvgIpc) is 2.56. The average molecular weight is 242 g/mol. The van der Waals surface area contributed by atoms with E-state index in [2.05, 4.69) is 10.2 Å². The number of carboxylic acid groups (broad SMARTS) is 1. The zero-order chi connectivity index (χ0) is 12.8. The van der Waals surface area contributed by atoms with Crippen molar-refractivity contribution in [1.82, 2.24) is 10.2 Å². The molecule has 0 radical (unpaired) electrons. The molecule has 0 bridgehead atoms. The molecule has 5 nitrogen and oxygen atoms in total. The SMILES string of the molecule is CC(C(=O)N[C@H](C)C(=O)O)N1CCCCCC1. The Morgan fingerprint density at radius 3 is 2.12 bits per heavy atom. The minimum absolute atomic E-state index is 0.193. The van der Waals surface area contributed by atoms with Crippen LogP contribution in [0.2, 0.25) is 0 Å². The monoisotopic (exact) mass is 242 g/mol. The molecule has 1 aliphatic heterocycles. The van der Waals surface area contributed by atoms with E-state index in [4.69, 9.17) is 5.11 Å². The Balaban J connectivity index is 2.47. The van der Waals surface area contributed by atoms with E-state index in [9.17, 15) is 9.59 Å². The lowest BCUT2D eigenvalue weighted by Crippen LogP contribution is -2.49. The van der Waals surface area contributed by atoms with Crippen molar-refractivity contribution in [3.63, 3.8) is 0 Å². The molecule has 1 heterocycles. The molecule has 2 N–H and O–H groups in total. The predicted molar refractivity (Wildman–Crippen MR) is 64.7 cm³/mol. The molecule has 1 unspecified atom stereocenters. The summed E-state index contributed by atoms with van der Waals surface area (Å²) in [6.45, 7) is 5.18. The number of hydrogen-bond acceptors (Lipinski definition) is 3. The molecule has 17 heavy (non-hydrogen) atoms. The van der Waals surface area contributed by atoms with E-state index >= 15 is 0 Å². The van der Waals surface area contributed by atoms with E-state index in [1.807, 2.05) is 6.92 Å². The van der Waals surface area contributed by atoms with Crippen LogP contribution in [0.5, 0.6) is 0 Å². The minimum Gasteiger partial charge on any atom is -0.480 e. The highest BCUT2D eigenvalue weighted by Crippen LogP contribution is 2.12. The van der Waals surface area contributed by atoms with Crippen LogP contribution in [0.15, 0.2) is 0 Å². The van der Waals surface area contributed by atoms with Gasteiger partial charge in [0.05, 0.1) is 6.04 Å². The number of carboxylic acids is 1. The zero-order valence-corrected chi connectivity index (χ0v) is 10.6. The van der Waals surface area contributed by atoms with Crippen LogP contribution >= 0.6 is 0 Å². The van der Waals surface area contributed by atoms with Crippen molar-refractivity contribution in [1.29, 1.82) is 0 Å². The normalized spacial score (nSPS) is 21.3. The summed E-state index contributed by atoms with van der Waals surface area (Å²) in [5, 5.41) is 11.3. The summed E-state index contributed by atoms with van der Waals surface area (Å²) in [4.78, 5) is 24.6. The standard InChI is InChI=1S/C12H22N2O3/c1-9(12(16)17)13-11(15)10(2)14-7-5-3-4-6-8-14/h9-10H,3-8H2,1-2H3,(H,13,15)(H,16,17)/t9-,10?/m1/s1. The molecule has 1 amide bonds. The van der Waals surface area contributed by atoms with Crippen molar-refractivity contribution in [2.45, 2.75) is 51.6 Å². The first-order chi connectivity index (χ1) is 8.02. The van der Waals surface area contributed by atoms with Gasteiger partial charge in [0, 0.05) is 0 Å². The number of likely N-dealkylation sites (tertiary alicyclic amines) is 1. The van der Waals surface area contributed by atoms with Crippen LogP contribution in [0.4, 0.5) is 0 Å². The molecule has 5 heteroatoms. The van der Waals surface area contributed by atoms with Crippen molar-refractivity contribution < 1.29 is 14.7 Å². The molecular weight excluding hydrogens is 220 g/mol. The molecule has 0 spiro atoms. The van der Waals surface area contributed by atoms with Gasteiger partial charge in [-0.25, -0.2) is 0 Å². The Labute approximate surface area is 102 Å². The molecule has 1 saturated heterocycles. The smallest absolute Gasteiger partial charge is 0.325 e. The molecule has 0 saturated carbocycles. The van der Waals surface area contributed by atoms with Crippen LogP contribution in [-0.4, -0.2) is 47.1 Å². The third-order valence-corrected chi connectivity index (χ3v) is 3.30. The van der Waals surface area contributed by atoms with Gasteiger partial charge >= 0.3 is 5.97 Å². The van der Waals surface area contributed by atoms with E-state index in [0.717, 1.165) is 25.9 Å². The fourth-order valence-electron chi connectivity index (χ4n) is 2.04. The summed E-state index contributed by atoms with van der Waals surface area (Å²) in [6.07, 6.45) is 4.67. The lowest BCUT2D eigenvalue weighted by molar-refractivity contribution is -0.142. The fourth-order valence-corrected chi connectivity index (χ4v) is 2.04. The molecule has 1 fully saturated rings. The summed E-state index contributed by atoms with van der Waals surface area (Å²) in [5.41, 5.74) is 0. The summed E-state index contributed by atoms with van der Waals surface area (Å²) in [7, 11) is 0. The second kappa shape index (κ2) is 6.59. The van der Waals surface area contributed by atoms with Gasteiger partial charge in [-0.15, -0.1) is 0 Å². The van der Waals surface area contributed by atoms with E-state index in [1.54, 1.807) is 0 Å². The van der Waals surface area contributed by atoms with Gasteiger partial charge in [-0.1, -0.05) is 12.8 Å². The molecule has 1 aliphatic rings. The number of hydrogen-bond donors (Lipinski definition) is 2. The maximum Gasteiger partial charge on any atom is 0.325 e. The van der Waals surface area contributed by atoms with Gasteiger partial charge < -0.3 is 10.4 Å². The second-order valence-corrected chi connectivity index (χ2v) is 4.69. The van der Waals surface area contributed by atoms with Gasteiger partial charge in [0.1, 0.15) is 6.04 Å². The molecule has 0 aromatic rings. The topological polar surface area (TPSA) is 69.6 Å². The first-order valence-corrected chi connectivity index (χ1v) is 6.29. The molecule has 2 atom stereocenters. The van der Waals surface area contributed by atoms with E-state index in [0.29, 0.717) is 0 Å². The third kappa shape index (κ3) is 4.34. The van der Waals surface area contributed by atoms with Gasteiger partial charge in [0.15, 0.2) is 0 Å². The number of aliphatic carboxylic acids is 1. The summed E-state index contributed by atoms with van der Waals surface area (Å²) < 4.78 is 0. The third-order valence-electron chi connectivity index (χ3n) is 3.30. The molecule has 0 aromatic heterocycles. The Kier molecular flexibility index (Phi) is 5.41. The Hall–Kier alpha value is -1.10. The number of nitrogens with zero attached hydrogens (tertiary/aromatic N) is 1. The van der Waals surface area contributed by atoms with Crippen molar-refractivity contribution in [3.8, 4) is 0 Å². The maximum atomic E-state index is 11.9. The number of amides is 1. The second-order valence-electron chi connectivity index (χ2n) is 4.69. The van der Waals surface area contributed by atoms with Gasteiger partial charge in [-0.05, 0) is 39.8 Å². The van der Waals surface area contributed by atoms with Crippen LogP contribution < -0.4 is 5.32 Å². The van der Waals surface area contributed by atoms with E-state index in [-0.39, 0.29) is 11.9 Å². The summed E-state index contributed by atoms with van der Waals surface area (Å²) >= 11 is 0. The lowest BCUT2D eigenvalue weighted by atomic mass is 10.2. The highest BCUT2D eigenvalue weighted by atomic mass is 16.4. The highest BCUT2D eigenvalue weighted by Gasteiger charge is 2.24. The quantitative estimate of drug-likeness (QED) is 0.766. The lowest BCUT2D eigenvalue weighted by Gasteiger charge is -2.27. The largest absolute Gasteiger partial charge is 0.480 e. The van der Waals surface area contributed by atoms with Gasteiger partial charge in [0.2, 0.25) is 5.91 Å². The van der Waals surface area contributed by atoms with E-state index in [1.165, 1.54) is 19.8 Å². The van der Waals surface area contributed by atoms with Crippen molar-refractivity contribution in [3.05, 3.63) is 0 Å². The molecule has 0 aliphatic carbocycles.